The van der Waals surface area contributed by atoms with Gasteiger partial charge in [0.25, 0.3) is 5.91 Å². The third kappa shape index (κ3) is 5.19. The maximum Gasteiger partial charge on any atom is 0.439 e. The number of ether oxygens (including phenoxy) is 2. The van der Waals surface area contributed by atoms with E-state index in [4.69, 9.17) is 9.47 Å². The molecule has 0 saturated carbocycles. The molecule has 34 heavy (non-hydrogen) atoms. The van der Waals surface area contributed by atoms with E-state index in [2.05, 4.69) is 20.0 Å². The second-order valence-corrected chi connectivity index (χ2v) is 10.0. The van der Waals surface area contributed by atoms with Gasteiger partial charge >= 0.3 is 5.76 Å². The molecule has 0 spiro atoms. The van der Waals surface area contributed by atoms with Crippen LogP contribution in [0.25, 0.3) is 11.4 Å². The molecule has 1 amide bonds. The number of benzene rings is 2. The molecule has 1 aromatic heterocycles. The van der Waals surface area contributed by atoms with E-state index >= 15 is 0 Å². The maximum absolute atomic E-state index is 13.0. The average Bonchev–Trinajstić information content (AvgIpc) is 3.26. The lowest BCUT2D eigenvalue weighted by atomic mass is 10.1. The van der Waals surface area contributed by atoms with Crippen LogP contribution in [0.4, 0.5) is 5.69 Å². The molecule has 0 radical (unpaired) electrons. The molecule has 0 atom stereocenters. The Labute approximate surface area is 195 Å². The predicted molar refractivity (Wildman–Crippen MR) is 122 cm³/mol. The Morgan fingerprint density at radius 1 is 1.15 bits per heavy atom. The monoisotopic (exact) mass is 488 g/mol. The Morgan fingerprint density at radius 2 is 1.88 bits per heavy atom. The summed E-state index contributed by atoms with van der Waals surface area (Å²) in [6.45, 7) is 4.41. The van der Waals surface area contributed by atoms with Crippen molar-refractivity contribution in [1.29, 1.82) is 0 Å². The van der Waals surface area contributed by atoms with Crippen molar-refractivity contribution in [2.45, 2.75) is 24.3 Å². The van der Waals surface area contributed by atoms with Gasteiger partial charge in [0, 0.05) is 24.3 Å². The quantitative estimate of drug-likeness (QED) is 0.513. The molecule has 4 rings (SSSR count). The number of aromatic amines is 1. The molecule has 3 aromatic rings. The van der Waals surface area contributed by atoms with Crippen molar-refractivity contribution < 1.29 is 27.2 Å². The van der Waals surface area contributed by atoms with Crippen molar-refractivity contribution in [2.24, 2.45) is 0 Å². The highest BCUT2D eigenvalue weighted by Crippen LogP contribution is 2.26. The molecule has 2 heterocycles. The zero-order valence-corrected chi connectivity index (χ0v) is 19.4. The number of H-pyrrole nitrogens is 1. The van der Waals surface area contributed by atoms with Crippen molar-refractivity contribution in [2.75, 3.05) is 31.6 Å². The van der Waals surface area contributed by atoms with Gasteiger partial charge in [0.15, 0.2) is 11.4 Å². The zero-order valence-electron chi connectivity index (χ0n) is 18.6. The van der Waals surface area contributed by atoms with Crippen molar-refractivity contribution in [3.05, 3.63) is 59.1 Å². The third-order valence-corrected chi connectivity index (χ3v) is 7.06. The lowest BCUT2D eigenvalue weighted by Crippen LogP contribution is -2.42. The van der Waals surface area contributed by atoms with Crippen LogP contribution in [0.15, 0.2) is 62.7 Å². The fourth-order valence-electron chi connectivity index (χ4n) is 3.35. The van der Waals surface area contributed by atoms with E-state index in [9.17, 15) is 18.0 Å². The van der Waals surface area contributed by atoms with Crippen molar-refractivity contribution in [1.82, 2.24) is 14.4 Å². The number of nitrogens with zero attached hydrogens (tertiary/aromatic N) is 2. The van der Waals surface area contributed by atoms with E-state index < -0.39 is 27.3 Å². The van der Waals surface area contributed by atoms with Crippen molar-refractivity contribution in [3.8, 4) is 17.1 Å². The molecule has 180 valence electrons. The molecule has 11 nitrogen and oxygen atoms in total. The number of morpholine rings is 1. The van der Waals surface area contributed by atoms with Gasteiger partial charge in [-0.05, 0) is 44.2 Å². The zero-order chi connectivity index (χ0) is 24.3. The van der Waals surface area contributed by atoms with Crippen LogP contribution >= 0.6 is 0 Å². The Kier molecular flexibility index (Phi) is 6.55. The molecule has 0 unspecified atom stereocenters. The number of hydrogen-bond acceptors (Lipinski definition) is 8. The summed E-state index contributed by atoms with van der Waals surface area (Å²) in [6, 6.07) is 12.7. The molecule has 2 N–H and O–H groups in total. The number of amides is 1. The fourth-order valence-corrected chi connectivity index (χ4v) is 4.81. The average molecular weight is 489 g/mol. The Balaban J connectivity index is 1.48. The molecule has 1 aliphatic rings. The first-order chi connectivity index (χ1) is 16.1. The van der Waals surface area contributed by atoms with Gasteiger partial charge in [-0.1, -0.05) is 23.4 Å². The number of anilines is 1. The van der Waals surface area contributed by atoms with Gasteiger partial charge in [-0.3, -0.25) is 14.3 Å². The largest absolute Gasteiger partial charge is 0.478 e. The molecular formula is C22H24N4O7S. The summed E-state index contributed by atoms with van der Waals surface area (Å²) in [6.07, 6.45) is 0. The normalized spacial score (nSPS) is 15.1. The first kappa shape index (κ1) is 23.7. The number of nitrogens with one attached hydrogen (secondary N) is 2. The number of hydrogen-bond donors (Lipinski definition) is 2. The summed E-state index contributed by atoms with van der Waals surface area (Å²) < 4.78 is 42.8. The molecule has 0 bridgehead atoms. The lowest BCUT2D eigenvalue weighted by molar-refractivity contribution is -0.128. The van der Waals surface area contributed by atoms with Crippen LogP contribution in [0, 0.1) is 0 Å². The Bertz CT molecular complexity index is 1340. The van der Waals surface area contributed by atoms with Gasteiger partial charge in [0.1, 0.15) is 5.75 Å². The van der Waals surface area contributed by atoms with Gasteiger partial charge in [-0.25, -0.2) is 13.2 Å². The van der Waals surface area contributed by atoms with Crippen LogP contribution in [0.3, 0.4) is 0 Å². The van der Waals surface area contributed by atoms with Gasteiger partial charge in [-0.2, -0.15) is 4.31 Å². The van der Waals surface area contributed by atoms with Crippen LogP contribution in [0.1, 0.15) is 13.8 Å². The summed E-state index contributed by atoms with van der Waals surface area (Å²) in [5.41, 5.74) is -0.444. The predicted octanol–water partition coefficient (Wildman–Crippen LogP) is 1.85. The molecule has 1 saturated heterocycles. The van der Waals surface area contributed by atoms with Crippen molar-refractivity contribution in [3.63, 3.8) is 0 Å². The topological polar surface area (TPSA) is 144 Å². The van der Waals surface area contributed by atoms with E-state index in [0.717, 1.165) is 0 Å². The van der Waals surface area contributed by atoms with Gasteiger partial charge in [0.05, 0.1) is 18.1 Å². The Hall–Kier alpha value is -3.48. The fraction of sp³-hybridized carbons (Fsp3) is 0.318. The van der Waals surface area contributed by atoms with Crippen LogP contribution in [-0.2, 0) is 19.6 Å². The second-order valence-electron chi connectivity index (χ2n) is 8.08. The number of rotatable bonds is 7. The molecule has 1 aliphatic heterocycles. The minimum absolute atomic E-state index is 0.0835. The van der Waals surface area contributed by atoms with Crippen LogP contribution in [-0.4, -0.2) is 60.7 Å². The molecule has 2 aromatic carbocycles. The highest BCUT2D eigenvalue weighted by atomic mass is 32.2. The Morgan fingerprint density at radius 3 is 2.59 bits per heavy atom. The van der Waals surface area contributed by atoms with Crippen LogP contribution in [0.5, 0.6) is 5.75 Å². The second kappa shape index (κ2) is 9.41. The maximum atomic E-state index is 13.0. The smallest absolute Gasteiger partial charge is 0.439 e. The lowest BCUT2D eigenvalue weighted by Gasteiger charge is -2.27. The highest BCUT2D eigenvalue weighted by Gasteiger charge is 2.31. The minimum Gasteiger partial charge on any atom is -0.478 e. The first-order valence-electron chi connectivity index (χ1n) is 10.5. The molecule has 0 aliphatic carbocycles. The number of sulfonamides is 1. The molecular weight excluding hydrogens is 464 g/mol. The molecule has 12 heteroatoms. The SMILES string of the molecule is CC(C)(Oc1cccc(-c2noc(=O)[nH]2)c1)C(=O)Nc1cccc(S(=O)(=O)N2CCOCC2)c1. The first-order valence-corrected chi connectivity index (χ1v) is 11.9. The van der Waals surface area contributed by atoms with E-state index in [-0.39, 0.29) is 23.8 Å². The van der Waals surface area contributed by atoms with E-state index in [1.54, 1.807) is 50.2 Å². The highest BCUT2D eigenvalue weighted by molar-refractivity contribution is 7.89. The van der Waals surface area contributed by atoms with E-state index in [0.29, 0.717) is 30.2 Å². The summed E-state index contributed by atoms with van der Waals surface area (Å²) in [7, 11) is -3.70. The standard InChI is InChI=1S/C22H24N4O7S/c1-22(2,32-17-7-3-5-15(13-17)19-24-21(28)33-25-19)20(27)23-16-6-4-8-18(14-16)34(29,30)26-9-11-31-12-10-26/h3-8,13-14H,9-12H2,1-2H3,(H,23,27)(H,24,25,28). The van der Waals surface area contributed by atoms with Gasteiger partial charge in [-0.15, -0.1) is 0 Å². The number of aromatic nitrogens is 2. The number of carbonyl (C=O) groups excluding carboxylic acids is 1. The van der Waals surface area contributed by atoms with Gasteiger partial charge < -0.3 is 14.8 Å². The number of carbonyl (C=O) groups is 1. The van der Waals surface area contributed by atoms with E-state index in [1.165, 1.54) is 16.4 Å². The third-order valence-electron chi connectivity index (χ3n) is 5.17. The summed E-state index contributed by atoms with van der Waals surface area (Å²) >= 11 is 0. The minimum atomic E-state index is -3.70. The van der Waals surface area contributed by atoms with E-state index in [1.807, 2.05) is 0 Å². The molecule has 1 fully saturated rings. The summed E-state index contributed by atoms with van der Waals surface area (Å²) in [4.78, 5) is 26.7. The van der Waals surface area contributed by atoms with Gasteiger partial charge in [0.2, 0.25) is 10.0 Å². The summed E-state index contributed by atoms with van der Waals surface area (Å²) in [5.74, 6) is -0.561. The van der Waals surface area contributed by atoms with Crippen molar-refractivity contribution >= 4 is 21.6 Å². The summed E-state index contributed by atoms with van der Waals surface area (Å²) in [5, 5.41) is 6.36. The van der Waals surface area contributed by atoms with Crippen LogP contribution in [0.2, 0.25) is 0 Å². The van der Waals surface area contributed by atoms with Crippen LogP contribution < -0.4 is 15.8 Å².